The lowest BCUT2D eigenvalue weighted by Crippen LogP contribution is -2.31. The number of Topliss-reactive ketones (excluding diaryl/α,β-unsaturated/α-hetero) is 1. The van der Waals surface area contributed by atoms with E-state index in [-0.39, 0.29) is 23.4 Å². The molecule has 6 nitrogen and oxygen atoms in total. The summed E-state index contributed by atoms with van der Waals surface area (Å²) in [5.41, 5.74) is 2.97. The highest BCUT2D eigenvalue weighted by Crippen LogP contribution is 2.40. The molecule has 1 aliphatic heterocycles. The third-order valence-corrected chi connectivity index (χ3v) is 6.67. The van der Waals surface area contributed by atoms with Gasteiger partial charge in [0.1, 0.15) is 11.6 Å². The number of nitrogens with zero attached hydrogens (tertiary/aromatic N) is 1. The minimum absolute atomic E-state index is 0.0128. The van der Waals surface area contributed by atoms with Crippen LogP contribution in [0.25, 0.3) is 5.76 Å². The molecule has 0 radical (unpaired) electrons. The predicted molar refractivity (Wildman–Crippen MR) is 139 cm³/mol. The lowest BCUT2D eigenvalue weighted by atomic mass is 9.93. The molecule has 1 heterocycles. The van der Waals surface area contributed by atoms with Crippen LogP contribution in [0.1, 0.15) is 48.1 Å². The van der Waals surface area contributed by atoms with E-state index in [1.807, 2.05) is 36.4 Å². The van der Waals surface area contributed by atoms with E-state index in [1.165, 1.54) is 29.2 Å². The van der Waals surface area contributed by atoms with Crippen LogP contribution < -0.4 is 9.47 Å². The molecule has 1 atom stereocenters. The second kappa shape index (κ2) is 10.9. The van der Waals surface area contributed by atoms with Gasteiger partial charge in [0, 0.05) is 12.1 Å². The number of carbonyl (C=O) groups is 2. The van der Waals surface area contributed by atoms with E-state index in [4.69, 9.17) is 9.47 Å². The summed E-state index contributed by atoms with van der Waals surface area (Å²) in [6.45, 7) is 4.40. The van der Waals surface area contributed by atoms with E-state index in [0.29, 0.717) is 29.4 Å². The van der Waals surface area contributed by atoms with Gasteiger partial charge >= 0.3 is 0 Å². The highest BCUT2D eigenvalue weighted by Gasteiger charge is 2.45. The SMILES string of the molecule is COc1ccc(CCN2C(=O)C(=O)/C(=C(\O)c3ccc(F)cc3)C2c2ccc(C(C)C)cc2)cc1OC. The number of amides is 1. The third kappa shape index (κ3) is 5.21. The van der Waals surface area contributed by atoms with Gasteiger partial charge in [0.05, 0.1) is 25.8 Å². The molecule has 0 saturated carbocycles. The number of likely N-dealkylation sites (tertiary alicyclic amines) is 1. The molecule has 4 rings (SSSR count). The molecule has 1 N–H and O–H groups in total. The van der Waals surface area contributed by atoms with E-state index < -0.39 is 23.5 Å². The minimum Gasteiger partial charge on any atom is -0.507 e. The molecule has 0 aromatic heterocycles. The summed E-state index contributed by atoms with van der Waals surface area (Å²) in [4.78, 5) is 28.0. The van der Waals surface area contributed by atoms with Crippen molar-refractivity contribution in [2.45, 2.75) is 32.2 Å². The monoisotopic (exact) mass is 503 g/mol. The van der Waals surface area contributed by atoms with Crippen LogP contribution in [0, 0.1) is 5.82 Å². The van der Waals surface area contributed by atoms with E-state index in [0.717, 1.165) is 11.1 Å². The van der Waals surface area contributed by atoms with Gasteiger partial charge in [-0.3, -0.25) is 9.59 Å². The summed E-state index contributed by atoms with van der Waals surface area (Å²) < 4.78 is 24.2. The van der Waals surface area contributed by atoms with E-state index in [2.05, 4.69) is 13.8 Å². The first-order valence-corrected chi connectivity index (χ1v) is 12.1. The van der Waals surface area contributed by atoms with E-state index >= 15 is 0 Å². The molecule has 3 aromatic carbocycles. The van der Waals surface area contributed by atoms with E-state index in [1.54, 1.807) is 20.3 Å². The van der Waals surface area contributed by atoms with Gasteiger partial charge in [-0.1, -0.05) is 44.2 Å². The van der Waals surface area contributed by atoms with Gasteiger partial charge in [0.2, 0.25) is 0 Å². The second-order valence-electron chi connectivity index (χ2n) is 9.26. The topological polar surface area (TPSA) is 76.1 Å². The number of rotatable bonds is 8. The second-order valence-corrected chi connectivity index (χ2v) is 9.26. The Morgan fingerprint density at radius 3 is 2.19 bits per heavy atom. The van der Waals surface area contributed by atoms with Gasteiger partial charge in [0.15, 0.2) is 11.5 Å². The number of aliphatic hydroxyl groups excluding tert-OH is 1. The van der Waals surface area contributed by atoms with E-state index in [9.17, 15) is 19.1 Å². The third-order valence-electron chi connectivity index (χ3n) is 6.67. The Hall–Kier alpha value is -4.13. The first-order valence-electron chi connectivity index (χ1n) is 12.1. The number of hydrogen-bond acceptors (Lipinski definition) is 5. The van der Waals surface area contributed by atoms with Gasteiger partial charge in [-0.05, 0) is 65.4 Å². The zero-order valence-electron chi connectivity index (χ0n) is 21.3. The quantitative estimate of drug-likeness (QED) is 0.245. The fraction of sp³-hybridized carbons (Fsp3) is 0.267. The van der Waals surface area contributed by atoms with Crippen LogP contribution in [0.5, 0.6) is 11.5 Å². The molecular formula is C30H30FNO5. The Morgan fingerprint density at radius 1 is 0.946 bits per heavy atom. The lowest BCUT2D eigenvalue weighted by Gasteiger charge is -2.26. The number of halogens is 1. The molecule has 1 saturated heterocycles. The minimum atomic E-state index is -0.786. The van der Waals surface area contributed by atoms with Crippen molar-refractivity contribution in [3.8, 4) is 11.5 Å². The molecule has 0 bridgehead atoms. The van der Waals surface area contributed by atoms with Gasteiger partial charge in [-0.2, -0.15) is 0 Å². The first-order chi connectivity index (χ1) is 17.7. The number of ketones is 1. The largest absolute Gasteiger partial charge is 0.507 e. The number of hydrogen-bond donors (Lipinski definition) is 1. The summed E-state index contributed by atoms with van der Waals surface area (Å²) in [6, 6.07) is 17.6. The number of carbonyl (C=O) groups excluding carboxylic acids is 2. The molecule has 1 amide bonds. The summed E-state index contributed by atoms with van der Waals surface area (Å²) >= 11 is 0. The zero-order chi connectivity index (χ0) is 26.7. The summed E-state index contributed by atoms with van der Waals surface area (Å²) in [5.74, 6) is -0.785. The van der Waals surface area contributed by atoms with Crippen LogP contribution in [0.2, 0.25) is 0 Å². The fourth-order valence-electron chi connectivity index (χ4n) is 4.57. The van der Waals surface area contributed by atoms with Gasteiger partial charge in [0.25, 0.3) is 11.7 Å². The molecule has 1 fully saturated rings. The Labute approximate surface area is 215 Å². The Morgan fingerprint density at radius 2 is 1.59 bits per heavy atom. The summed E-state index contributed by atoms with van der Waals surface area (Å²) in [7, 11) is 3.11. The summed E-state index contributed by atoms with van der Waals surface area (Å²) in [5, 5.41) is 11.1. The fourth-order valence-corrected chi connectivity index (χ4v) is 4.57. The smallest absolute Gasteiger partial charge is 0.295 e. The lowest BCUT2D eigenvalue weighted by molar-refractivity contribution is -0.139. The molecule has 1 aliphatic rings. The van der Waals surface area contributed by atoms with Crippen LogP contribution in [0.4, 0.5) is 4.39 Å². The predicted octanol–water partition coefficient (Wildman–Crippen LogP) is 5.63. The van der Waals surface area contributed by atoms with Crippen molar-refractivity contribution in [2.75, 3.05) is 20.8 Å². The number of aliphatic hydroxyl groups is 1. The summed E-state index contributed by atoms with van der Waals surface area (Å²) in [6.07, 6.45) is 0.449. The molecule has 7 heteroatoms. The zero-order valence-corrected chi connectivity index (χ0v) is 21.3. The highest BCUT2D eigenvalue weighted by atomic mass is 19.1. The van der Waals surface area contributed by atoms with Crippen molar-refractivity contribution in [1.82, 2.24) is 4.90 Å². The molecule has 0 aliphatic carbocycles. The van der Waals surface area contributed by atoms with Crippen molar-refractivity contribution in [1.29, 1.82) is 0 Å². The standard InChI is InChI=1S/C30H30FNO5/c1-18(2)20-6-8-21(9-7-20)27-26(28(33)22-10-12-23(31)13-11-22)29(34)30(35)32(27)16-15-19-5-14-24(36-3)25(17-19)37-4/h5-14,17-18,27,33H,15-16H2,1-4H3/b28-26-. The maximum absolute atomic E-state index is 13.5. The maximum Gasteiger partial charge on any atom is 0.295 e. The first kappa shape index (κ1) is 25.9. The van der Waals surface area contributed by atoms with Crippen molar-refractivity contribution in [3.05, 3.63) is 100 Å². The average molecular weight is 504 g/mol. The van der Waals surface area contributed by atoms with Gasteiger partial charge in [-0.15, -0.1) is 0 Å². The van der Waals surface area contributed by atoms with Crippen molar-refractivity contribution >= 4 is 17.4 Å². The molecule has 37 heavy (non-hydrogen) atoms. The molecular weight excluding hydrogens is 473 g/mol. The van der Waals surface area contributed by atoms with Crippen LogP contribution in [0.3, 0.4) is 0 Å². The molecule has 192 valence electrons. The highest BCUT2D eigenvalue weighted by molar-refractivity contribution is 6.46. The molecule has 3 aromatic rings. The number of benzene rings is 3. The van der Waals surface area contributed by atoms with Crippen molar-refractivity contribution in [3.63, 3.8) is 0 Å². The Bertz CT molecular complexity index is 1330. The van der Waals surface area contributed by atoms with Crippen LogP contribution in [0.15, 0.2) is 72.3 Å². The molecule has 0 spiro atoms. The van der Waals surface area contributed by atoms with Crippen molar-refractivity contribution in [2.24, 2.45) is 0 Å². The Balaban J connectivity index is 1.75. The van der Waals surface area contributed by atoms with Crippen molar-refractivity contribution < 1.29 is 28.6 Å². The molecule has 1 unspecified atom stereocenters. The van der Waals surface area contributed by atoms with Crippen LogP contribution in [-0.2, 0) is 16.0 Å². The maximum atomic E-state index is 13.5. The van der Waals surface area contributed by atoms with Crippen LogP contribution in [-0.4, -0.2) is 42.5 Å². The van der Waals surface area contributed by atoms with Gasteiger partial charge in [-0.25, -0.2) is 4.39 Å². The normalized spacial score (nSPS) is 16.9. The van der Waals surface area contributed by atoms with Gasteiger partial charge < -0.3 is 19.5 Å². The average Bonchev–Trinajstić information content (AvgIpc) is 3.16. The Kier molecular flexibility index (Phi) is 7.62. The van der Waals surface area contributed by atoms with Crippen LogP contribution >= 0.6 is 0 Å². The number of ether oxygens (including phenoxy) is 2. The number of methoxy groups -OCH3 is 2.